The number of halogens is 4. The fourth-order valence-corrected chi connectivity index (χ4v) is 5.19. The van der Waals surface area contributed by atoms with Gasteiger partial charge in [-0.25, -0.2) is 0 Å². The van der Waals surface area contributed by atoms with Gasteiger partial charge in [-0.15, -0.1) is 0 Å². The molecule has 5 rings (SSSR count). The Labute approximate surface area is 248 Å². The highest BCUT2D eigenvalue weighted by Crippen LogP contribution is 2.38. The summed E-state index contributed by atoms with van der Waals surface area (Å²) >= 11 is 5.97. The molecule has 42 heavy (non-hydrogen) atoms. The molecular formula is C32H33ClF3N5O. The van der Waals surface area contributed by atoms with Gasteiger partial charge >= 0.3 is 6.18 Å². The average molecular weight is 596 g/mol. The number of carbonyl (C=O) groups is 1. The molecule has 3 aromatic carbocycles. The molecule has 4 aromatic rings. The first-order chi connectivity index (χ1) is 20.2. The SMILES string of the molecule is CN1CCC(NC(c2cn(Cc3ccc(Cl)cc3)c3cc(C#N)ccc23)C(F)(F)F)CC1.O=CNCc1ccccc1. The van der Waals surface area contributed by atoms with Gasteiger partial charge in [0.1, 0.15) is 6.04 Å². The van der Waals surface area contributed by atoms with Gasteiger partial charge in [0.05, 0.1) is 11.6 Å². The predicted octanol–water partition coefficient (Wildman–Crippen LogP) is 6.43. The number of nitrogens with zero attached hydrogens (tertiary/aromatic N) is 3. The number of carbonyl (C=O) groups excluding carboxylic acids is 1. The van der Waals surface area contributed by atoms with E-state index in [0.29, 0.717) is 53.8 Å². The van der Waals surface area contributed by atoms with Crippen LogP contribution in [-0.2, 0) is 17.9 Å². The van der Waals surface area contributed by atoms with Crippen LogP contribution in [0, 0.1) is 11.3 Å². The standard InChI is InChI=1S/C24H24ClF3N4.C8H9NO/c1-31-10-8-19(9-11-31)30-23(24(26,27)28)21-15-32(14-16-2-5-18(25)6-3-16)22-12-17(13-29)4-7-20(21)22;10-7-9-6-8-4-2-1-3-5-8/h2-7,12,15,19,23,30H,8-11,14H2,1H3;1-5,7H,6H2,(H,9,10). The van der Waals surface area contributed by atoms with Crippen LogP contribution in [0.5, 0.6) is 0 Å². The van der Waals surface area contributed by atoms with E-state index in [2.05, 4.69) is 21.6 Å². The van der Waals surface area contributed by atoms with Crippen molar-refractivity contribution in [2.24, 2.45) is 0 Å². The molecule has 0 aliphatic carbocycles. The van der Waals surface area contributed by atoms with E-state index in [9.17, 15) is 23.2 Å². The topological polar surface area (TPSA) is 73.1 Å². The zero-order valence-corrected chi connectivity index (χ0v) is 24.0. The van der Waals surface area contributed by atoms with Gasteiger partial charge < -0.3 is 14.8 Å². The van der Waals surface area contributed by atoms with Crippen LogP contribution < -0.4 is 10.6 Å². The smallest absolute Gasteiger partial charge is 0.355 e. The minimum Gasteiger partial charge on any atom is -0.355 e. The second kappa shape index (κ2) is 14.4. The Balaban J connectivity index is 0.000000343. The highest BCUT2D eigenvalue weighted by Gasteiger charge is 2.43. The van der Waals surface area contributed by atoms with Crippen LogP contribution >= 0.6 is 11.6 Å². The summed E-state index contributed by atoms with van der Waals surface area (Å²) in [5, 5.41) is 15.9. The molecule has 1 aliphatic heterocycles. The third kappa shape index (κ3) is 8.35. The molecule has 1 aliphatic rings. The van der Waals surface area contributed by atoms with Crippen molar-refractivity contribution >= 4 is 28.9 Å². The van der Waals surface area contributed by atoms with E-state index in [1.165, 1.54) is 0 Å². The summed E-state index contributed by atoms with van der Waals surface area (Å²) in [6.45, 7) is 2.53. The number of hydrogen-bond donors (Lipinski definition) is 2. The van der Waals surface area contributed by atoms with Gasteiger partial charge in [-0.2, -0.15) is 18.4 Å². The van der Waals surface area contributed by atoms with E-state index in [-0.39, 0.29) is 11.6 Å². The maximum absolute atomic E-state index is 14.2. The van der Waals surface area contributed by atoms with E-state index in [1.807, 2.05) is 49.5 Å². The van der Waals surface area contributed by atoms with Gasteiger partial charge in [-0.1, -0.05) is 60.1 Å². The number of amides is 1. The Morgan fingerprint density at radius 2 is 1.74 bits per heavy atom. The lowest BCUT2D eigenvalue weighted by molar-refractivity contribution is -0.160. The van der Waals surface area contributed by atoms with Crippen molar-refractivity contribution < 1.29 is 18.0 Å². The zero-order chi connectivity index (χ0) is 30.1. The van der Waals surface area contributed by atoms with Gasteiger partial charge in [0, 0.05) is 46.8 Å². The average Bonchev–Trinajstić information content (AvgIpc) is 3.33. The third-order valence-electron chi connectivity index (χ3n) is 7.30. The first-order valence-electron chi connectivity index (χ1n) is 13.7. The number of hydrogen-bond acceptors (Lipinski definition) is 4. The number of benzene rings is 3. The molecule has 0 radical (unpaired) electrons. The van der Waals surface area contributed by atoms with Gasteiger partial charge in [0.15, 0.2) is 0 Å². The summed E-state index contributed by atoms with van der Waals surface area (Å²) < 4.78 is 44.5. The molecule has 1 saturated heterocycles. The van der Waals surface area contributed by atoms with Crippen LogP contribution in [0.4, 0.5) is 13.2 Å². The summed E-state index contributed by atoms with van der Waals surface area (Å²) in [5.74, 6) is 0. The normalized spacial score (nSPS) is 15.0. The molecule has 220 valence electrons. The Kier molecular flexibility index (Phi) is 10.6. The van der Waals surface area contributed by atoms with Crippen LogP contribution in [0.2, 0.25) is 5.02 Å². The Morgan fingerprint density at radius 1 is 1.05 bits per heavy atom. The minimum absolute atomic E-state index is 0.185. The second-order valence-electron chi connectivity index (χ2n) is 10.4. The molecule has 6 nitrogen and oxygen atoms in total. The molecule has 1 unspecified atom stereocenters. The van der Waals surface area contributed by atoms with Gasteiger partial charge in [-0.3, -0.25) is 10.1 Å². The van der Waals surface area contributed by atoms with Crippen LogP contribution in [0.15, 0.2) is 79.0 Å². The number of likely N-dealkylation sites (tertiary alicyclic amines) is 1. The lowest BCUT2D eigenvalue weighted by atomic mass is 10.00. The van der Waals surface area contributed by atoms with E-state index < -0.39 is 12.2 Å². The number of piperidine rings is 1. The molecule has 1 fully saturated rings. The largest absolute Gasteiger partial charge is 0.407 e. The molecule has 2 heterocycles. The highest BCUT2D eigenvalue weighted by atomic mass is 35.5. The van der Waals surface area contributed by atoms with Gasteiger partial charge in [-0.05, 0) is 68.4 Å². The van der Waals surface area contributed by atoms with Gasteiger partial charge in [0.25, 0.3) is 0 Å². The van der Waals surface area contributed by atoms with Crippen LogP contribution in [0.3, 0.4) is 0 Å². The van der Waals surface area contributed by atoms with Crippen LogP contribution in [0.1, 0.15) is 41.1 Å². The van der Waals surface area contributed by atoms with E-state index in [4.69, 9.17) is 11.6 Å². The number of aromatic nitrogens is 1. The molecule has 1 aromatic heterocycles. The molecule has 1 atom stereocenters. The molecule has 0 saturated carbocycles. The van der Waals surface area contributed by atoms with Crippen LogP contribution in [0.25, 0.3) is 10.9 Å². The summed E-state index contributed by atoms with van der Waals surface area (Å²) in [6.07, 6.45) is -0.833. The van der Waals surface area contributed by atoms with Crippen molar-refractivity contribution in [3.05, 3.63) is 106 Å². The van der Waals surface area contributed by atoms with Crippen molar-refractivity contribution in [3.63, 3.8) is 0 Å². The monoisotopic (exact) mass is 595 g/mol. The molecule has 2 N–H and O–H groups in total. The number of nitriles is 1. The van der Waals surface area contributed by atoms with E-state index in [0.717, 1.165) is 24.2 Å². The van der Waals surface area contributed by atoms with Crippen molar-refractivity contribution in [3.8, 4) is 6.07 Å². The van der Waals surface area contributed by atoms with Crippen molar-refractivity contribution in [1.29, 1.82) is 5.26 Å². The Morgan fingerprint density at radius 3 is 2.36 bits per heavy atom. The summed E-state index contributed by atoms with van der Waals surface area (Å²) in [7, 11) is 1.98. The van der Waals surface area contributed by atoms with E-state index in [1.54, 1.807) is 41.1 Å². The minimum atomic E-state index is -4.45. The van der Waals surface area contributed by atoms with Crippen molar-refractivity contribution in [1.82, 2.24) is 20.1 Å². The second-order valence-corrected chi connectivity index (χ2v) is 10.8. The number of rotatable bonds is 8. The molecule has 10 heteroatoms. The first-order valence-corrected chi connectivity index (χ1v) is 14.1. The fourth-order valence-electron chi connectivity index (χ4n) is 5.06. The maximum Gasteiger partial charge on any atom is 0.407 e. The lowest BCUT2D eigenvalue weighted by Gasteiger charge is -2.33. The first kappa shape index (κ1) is 31.1. The quantitative estimate of drug-likeness (QED) is 0.230. The van der Waals surface area contributed by atoms with Gasteiger partial charge in [0.2, 0.25) is 6.41 Å². The predicted molar refractivity (Wildman–Crippen MR) is 159 cm³/mol. The fraction of sp³-hybridized carbons (Fsp3) is 0.312. The molecular weight excluding hydrogens is 563 g/mol. The lowest BCUT2D eigenvalue weighted by Crippen LogP contribution is -2.46. The van der Waals surface area contributed by atoms with Crippen molar-refractivity contribution in [2.45, 2.75) is 44.2 Å². The number of nitrogens with one attached hydrogen (secondary N) is 2. The Bertz CT molecular complexity index is 1490. The number of fused-ring (bicyclic) bond motifs is 1. The summed E-state index contributed by atoms with van der Waals surface area (Å²) in [6, 6.07) is 21.9. The zero-order valence-electron chi connectivity index (χ0n) is 23.2. The molecule has 0 spiro atoms. The van der Waals surface area contributed by atoms with E-state index >= 15 is 0 Å². The summed E-state index contributed by atoms with van der Waals surface area (Å²) in [5.41, 5.74) is 3.23. The summed E-state index contributed by atoms with van der Waals surface area (Å²) in [4.78, 5) is 12.0. The maximum atomic E-state index is 14.2. The number of alkyl halides is 3. The third-order valence-corrected chi connectivity index (χ3v) is 7.55. The van der Waals surface area contributed by atoms with Crippen LogP contribution in [-0.4, -0.2) is 48.2 Å². The Hall–Kier alpha value is -3.84. The van der Waals surface area contributed by atoms with Crippen molar-refractivity contribution in [2.75, 3.05) is 20.1 Å². The molecule has 0 bridgehead atoms. The highest BCUT2D eigenvalue weighted by molar-refractivity contribution is 6.30. The molecule has 1 amide bonds.